The summed E-state index contributed by atoms with van der Waals surface area (Å²) in [6.45, 7) is 12.2. The van der Waals surface area contributed by atoms with Crippen LogP contribution in [0.25, 0.3) is 0 Å². The fraction of sp³-hybridized carbons (Fsp3) is 0.314. The zero-order chi connectivity index (χ0) is 34.8. The van der Waals surface area contributed by atoms with Crippen LogP contribution < -0.4 is 15.4 Å². The Morgan fingerprint density at radius 2 is 1.62 bits per heavy atom. The molecule has 0 fully saturated rings. The van der Waals surface area contributed by atoms with Crippen molar-refractivity contribution in [3.8, 4) is 11.6 Å². The summed E-state index contributed by atoms with van der Waals surface area (Å²) in [6, 6.07) is 16.5. The summed E-state index contributed by atoms with van der Waals surface area (Å²) in [4.78, 5) is 43.8. The normalized spacial score (nSPS) is 12.7. The number of allylic oxidation sites excluding steroid dienone is 1. The van der Waals surface area contributed by atoms with Gasteiger partial charge in [-0.05, 0) is 57.4 Å². The van der Waals surface area contributed by atoms with E-state index in [0.717, 1.165) is 11.6 Å². The van der Waals surface area contributed by atoms with Crippen LogP contribution in [0, 0.1) is 6.92 Å². The van der Waals surface area contributed by atoms with E-state index in [-0.39, 0.29) is 17.3 Å². The maximum Gasteiger partial charge on any atom is 0.426 e. The number of benzene rings is 2. The number of alkyl halides is 3. The van der Waals surface area contributed by atoms with Crippen LogP contribution >= 0.6 is 0 Å². The number of pyridine rings is 1. The first-order valence-corrected chi connectivity index (χ1v) is 14.7. The molecule has 3 rings (SSSR count). The van der Waals surface area contributed by atoms with Gasteiger partial charge in [0.25, 0.3) is 5.91 Å². The van der Waals surface area contributed by atoms with E-state index in [1.807, 2.05) is 12.1 Å². The number of aryl methyl sites for hydroxylation is 1. The molecule has 2 amide bonds. The van der Waals surface area contributed by atoms with Crippen molar-refractivity contribution in [3.63, 3.8) is 0 Å². The number of Topliss-reactive ketones (excluding diaryl/α,β-unsaturated/α-hetero) is 1. The van der Waals surface area contributed by atoms with Crippen molar-refractivity contribution in [3.05, 3.63) is 108 Å². The lowest BCUT2D eigenvalue weighted by Gasteiger charge is -2.33. The number of nitrogens with one attached hydrogen (secondary N) is 2. The number of aromatic nitrogens is 1. The average Bonchev–Trinajstić information content (AvgIpc) is 2.99. The van der Waals surface area contributed by atoms with Gasteiger partial charge in [-0.15, -0.1) is 13.2 Å². The molecule has 1 heterocycles. The smallest absolute Gasteiger partial charge is 0.426 e. The van der Waals surface area contributed by atoms with Crippen molar-refractivity contribution in [2.24, 2.45) is 0 Å². The fourth-order valence-electron chi connectivity index (χ4n) is 4.37. The summed E-state index contributed by atoms with van der Waals surface area (Å²) in [7, 11) is 0. The molecule has 0 radical (unpaired) electrons. The first-order chi connectivity index (χ1) is 22.1. The van der Waals surface area contributed by atoms with Gasteiger partial charge >= 0.3 is 12.3 Å². The summed E-state index contributed by atoms with van der Waals surface area (Å²) >= 11 is 0. The van der Waals surface area contributed by atoms with Gasteiger partial charge in [-0.2, -0.15) is 13.2 Å². The second kappa shape index (κ2) is 15.5. The molecule has 0 saturated carbocycles. The van der Waals surface area contributed by atoms with Crippen molar-refractivity contribution in [1.29, 1.82) is 0 Å². The van der Waals surface area contributed by atoms with E-state index in [2.05, 4.69) is 28.8 Å². The first-order valence-electron chi connectivity index (χ1n) is 14.7. The topological polar surface area (TPSA) is 116 Å². The monoisotopic (exact) mass is 653 g/mol. The lowest BCUT2D eigenvalue weighted by atomic mass is 9.96. The van der Waals surface area contributed by atoms with Crippen molar-refractivity contribution in [2.45, 2.75) is 64.5 Å². The number of carbonyl (C=O) groups is 3. The van der Waals surface area contributed by atoms with Crippen molar-refractivity contribution in [2.75, 3.05) is 11.9 Å². The molecule has 9 nitrogen and oxygen atoms in total. The summed E-state index contributed by atoms with van der Waals surface area (Å²) in [5.41, 5.74) is -3.11. The van der Waals surface area contributed by atoms with Gasteiger partial charge < -0.3 is 19.5 Å². The van der Waals surface area contributed by atoms with Crippen LogP contribution in [0.2, 0.25) is 0 Å². The molecule has 3 aromatic rings. The maximum absolute atomic E-state index is 14.5. The highest BCUT2D eigenvalue weighted by Gasteiger charge is 2.61. The van der Waals surface area contributed by atoms with Gasteiger partial charge in [0.1, 0.15) is 17.0 Å². The minimum Gasteiger partial charge on any atom is -0.444 e. The van der Waals surface area contributed by atoms with E-state index in [0.29, 0.717) is 23.3 Å². The third-order valence-electron chi connectivity index (χ3n) is 6.60. The van der Waals surface area contributed by atoms with Crippen LogP contribution in [-0.2, 0) is 27.3 Å². The Bertz CT molecular complexity index is 1600. The molecule has 0 aliphatic carbocycles. The molecular weight excluding hydrogens is 615 g/mol. The molecule has 250 valence electrons. The minimum absolute atomic E-state index is 0.00609. The Labute approximate surface area is 271 Å². The molecule has 0 aliphatic heterocycles. The molecule has 1 unspecified atom stereocenters. The number of hydrogen-bond donors (Lipinski definition) is 2. The Morgan fingerprint density at radius 1 is 0.957 bits per heavy atom. The summed E-state index contributed by atoms with van der Waals surface area (Å²) in [5.74, 6) is -2.10. The number of anilines is 1. The van der Waals surface area contributed by atoms with E-state index >= 15 is 0 Å². The van der Waals surface area contributed by atoms with Crippen LogP contribution in [0.4, 0.5) is 23.7 Å². The third-order valence-corrected chi connectivity index (χ3v) is 6.60. The Morgan fingerprint density at radius 3 is 2.23 bits per heavy atom. The number of para-hydroxylation sites is 1. The van der Waals surface area contributed by atoms with E-state index < -0.39 is 54.7 Å². The van der Waals surface area contributed by atoms with Gasteiger partial charge in [0.05, 0.1) is 18.8 Å². The standard InChI is InChI=1S/C35H38F3N3O6/c1-7-14-25-17-12-13-18-28(25)46-30-23(3)20-26(40-32(44)47-33(4,5)6)29(41-30)27(42)21-39-31(43)34(19-8-2,35(36,37)38)45-22-24-15-10-9-11-16-24/h7-13,15-18,20H,1-2,14,19,21-22H2,3-6H3,(H,39,43)(H,40,44). The number of ketones is 1. The van der Waals surface area contributed by atoms with E-state index in [1.54, 1.807) is 76.2 Å². The number of nitrogens with zero attached hydrogens (tertiary/aromatic N) is 1. The zero-order valence-electron chi connectivity index (χ0n) is 26.7. The molecule has 0 saturated heterocycles. The van der Waals surface area contributed by atoms with Crippen LogP contribution in [0.5, 0.6) is 11.6 Å². The number of rotatable bonds is 14. The molecular formula is C35H38F3N3O6. The molecule has 0 aliphatic rings. The zero-order valence-corrected chi connectivity index (χ0v) is 26.7. The van der Waals surface area contributed by atoms with E-state index in [1.165, 1.54) is 6.07 Å². The Kier molecular flexibility index (Phi) is 12.1. The van der Waals surface area contributed by atoms with Gasteiger partial charge in [0.2, 0.25) is 17.3 Å². The third kappa shape index (κ3) is 9.76. The molecule has 47 heavy (non-hydrogen) atoms. The van der Waals surface area contributed by atoms with Crippen LogP contribution in [-0.4, -0.2) is 46.7 Å². The fourth-order valence-corrected chi connectivity index (χ4v) is 4.37. The molecule has 2 N–H and O–H groups in total. The molecule has 1 aromatic heterocycles. The van der Waals surface area contributed by atoms with Crippen molar-refractivity contribution < 1.29 is 41.8 Å². The van der Waals surface area contributed by atoms with Gasteiger partial charge in [-0.25, -0.2) is 9.78 Å². The number of carbonyl (C=O) groups excluding carboxylic acids is 3. The number of halogens is 3. The van der Waals surface area contributed by atoms with Crippen molar-refractivity contribution in [1.82, 2.24) is 10.3 Å². The van der Waals surface area contributed by atoms with E-state index in [9.17, 15) is 27.6 Å². The predicted molar refractivity (Wildman–Crippen MR) is 171 cm³/mol. The SMILES string of the molecule is C=CCc1ccccc1Oc1nc(C(=O)CNC(=O)C(CC=C)(OCc2ccccc2)C(F)(F)F)c(NC(=O)OC(C)(C)C)cc1C. The lowest BCUT2D eigenvalue weighted by molar-refractivity contribution is -0.269. The second-order valence-corrected chi connectivity index (χ2v) is 11.5. The highest BCUT2D eigenvalue weighted by molar-refractivity contribution is 6.05. The Hall–Kier alpha value is -4.97. The van der Waals surface area contributed by atoms with Gasteiger partial charge in [-0.1, -0.05) is 60.7 Å². The second-order valence-electron chi connectivity index (χ2n) is 11.5. The number of amides is 2. The van der Waals surface area contributed by atoms with Gasteiger partial charge in [0.15, 0.2) is 0 Å². The lowest BCUT2D eigenvalue weighted by Crippen LogP contribution is -2.59. The largest absolute Gasteiger partial charge is 0.444 e. The Balaban J connectivity index is 1.96. The van der Waals surface area contributed by atoms with Gasteiger partial charge in [-0.3, -0.25) is 14.9 Å². The van der Waals surface area contributed by atoms with Crippen molar-refractivity contribution >= 4 is 23.5 Å². The first kappa shape index (κ1) is 36.5. The number of hydrogen-bond acceptors (Lipinski definition) is 7. The van der Waals surface area contributed by atoms with Crippen LogP contribution in [0.1, 0.15) is 54.4 Å². The summed E-state index contributed by atoms with van der Waals surface area (Å²) in [5, 5.41) is 4.53. The highest BCUT2D eigenvalue weighted by atomic mass is 19.4. The molecule has 2 aromatic carbocycles. The quantitative estimate of drug-likeness (QED) is 0.136. The molecule has 0 bridgehead atoms. The van der Waals surface area contributed by atoms with Crippen LogP contribution in [0.15, 0.2) is 86.0 Å². The van der Waals surface area contributed by atoms with E-state index in [4.69, 9.17) is 14.2 Å². The summed E-state index contributed by atoms with van der Waals surface area (Å²) < 4.78 is 60.0. The summed E-state index contributed by atoms with van der Waals surface area (Å²) in [6.07, 6.45) is -3.92. The molecule has 1 atom stereocenters. The van der Waals surface area contributed by atoms with Gasteiger partial charge in [0, 0.05) is 12.0 Å². The molecule has 0 spiro atoms. The van der Waals surface area contributed by atoms with Crippen LogP contribution in [0.3, 0.4) is 0 Å². The predicted octanol–water partition coefficient (Wildman–Crippen LogP) is 7.65. The maximum atomic E-state index is 14.5. The minimum atomic E-state index is -5.17. The highest BCUT2D eigenvalue weighted by Crippen LogP contribution is 2.38. The average molecular weight is 654 g/mol. The number of ether oxygens (including phenoxy) is 3. The molecule has 12 heteroatoms.